The van der Waals surface area contributed by atoms with Gasteiger partial charge in [0.05, 0.1) is 6.04 Å². The minimum atomic E-state index is 0.274. The number of hydrogen-bond acceptors (Lipinski definition) is 4. The molecule has 3 rings (SSSR count). The van der Waals surface area contributed by atoms with Crippen LogP contribution in [-0.4, -0.2) is 5.75 Å². The number of thiophene rings is 1. The summed E-state index contributed by atoms with van der Waals surface area (Å²) in [4.78, 5) is 2.97. The van der Waals surface area contributed by atoms with Crippen molar-refractivity contribution in [2.75, 3.05) is 5.75 Å². The Balaban J connectivity index is 1.68. The van der Waals surface area contributed by atoms with Crippen LogP contribution >= 0.6 is 23.1 Å². The molecule has 1 aliphatic rings. The van der Waals surface area contributed by atoms with Crippen molar-refractivity contribution >= 4 is 23.1 Å². The maximum atomic E-state index is 5.78. The second kappa shape index (κ2) is 6.76. The summed E-state index contributed by atoms with van der Waals surface area (Å²) < 4.78 is 0. The van der Waals surface area contributed by atoms with Crippen LogP contribution in [0.4, 0.5) is 0 Å². The fourth-order valence-corrected chi connectivity index (χ4v) is 5.08. The van der Waals surface area contributed by atoms with Crippen LogP contribution in [0.1, 0.15) is 33.3 Å². The zero-order valence-electron chi connectivity index (χ0n) is 11.5. The smallest absolute Gasteiger partial charge is 0.0556 e. The second-order valence-electron chi connectivity index (χ2n) is 5.14. The normalized spacial score (nSPS) is 15.8. The van der Waals surface area contributed by atoms with Crippen LogP contribution in [0.25, 0.3) is 0 Å². The zero-order chi connectivity index (χ0) is 13.8. The van der Waals surface area contributed by atoms with Gasteiger partial charge in [-0.3, -0.25) is 11.3 Å². The molecule has 1 aromatic carbocycles. The van der Waals surface area contributed by atoms with Crippen LogP contribution in [0.15, 0.2) is 36.4 Å². The number of hydrogen-bond donors (Lipinski definition) is 2. The van der Waals surface area contributed by atoms with Crippen molar-refractivity contribution in [3.8, 4) is 0 Å². The predicted molar refractivity (Wildman–Crippen MR) is 89.0 cm³/mol. The third kappa shape index (κ3) is 3.26. The highest BCUT2D eigenvalue weighted by Gasteiger charge is 2.18. The Bertz CT molecular complexity index is 527. The second-order valence-corrected chi connectivity index (χ2v) is 7.42. The van der Waals surface area contributed by atoms with Crippen molar-refractivity contribution in [1.29, 1.82) is 0 Å². The minimum Gasteiger partial charge on any atom is -0.271 e. The molecule has 0 fully saturated rings. The molecule has 2 nitrogen and oxygen atoms in total. The SMILES string of the molecule is NNC(CCc1ccccc1)c1cc2c(s1)CCSC2. The van der Waals surface area contributed by atoms with Crippen molar-refractivity contribution in [3.05, 3.63) is 57.3 Å². The largest absolute Gasteiger partial charge is 0.271 e. The summed E-state index contributed by atoms with van der Waals surface area (Å²) in [6, 6.07) is 13.3. The molecule has 0 radical (unpaired) electrons. The van der Waals surface area contributed by atoms with Gasteiger partial charge in [0.15, 0.2) is 0 Å². The molecule has 1 unspecified atom stereocenters. The average Bonchev–Trinajstić information content (AvgIpc) is 2.92. The average molecular weight is 304 g/mol. The Kier molecular flexibility index (Phi) is 4.78. The highest BCUT2D eigenvalue weighted by molar-refractivity contribution is 7.98. The molecule has 1 aromatic heterocycles. The lowest BCUT2D eigenvalue weighted by Gasteiger charge is -2.14. The highest BCUT2D eigenvalue weighted by Crippen LogP contribution is 2.35. The Hall–Kier alpha value is -0.810. The lowest BCUT2D eigenvalue weighted by atomic mass is 10.0. The van der Waals surface area contributed by atoms with Gasteiger partial charge in [0.1, 0.15) is 0 Å². The number of thioether (sulfide) groups is 1. The van der Waals surface area contributed by atoms with Crippen LogP contribution in [0.2, 0.25) is 0 Å². The topological polar surface area (TPSA) is 38.0 Å². The molecule has 2 aromatic rings. The van der Waals surface area contributed by atoms with E-state index >= 15 is 0 Å². The lowest BCUT2D eigenvalue weighted by molar-refractivity contribution is 0.524. The number of fused-ring (bicyclic) bond motifs is 1. The first-order chi connectivity index (χ1) is 9.86. The summed E-state index contributed by atoms with van der Waals surface area (Å²) in [7, 11) is 0. The number of nitrogens with two attached hydrogens (primary N) is 1. The van der Waals surface area contributed by atoms with Crippen LogP contribution < -0.4 is 11.3 Å². The van der Waals surface area contributed by atoms with Crippen molar-refractivity contribution in [3.63, 3.8) is 0 Å². The molecule has 2 heterocycles. The van der Waals surface area contributed by atoms with Crippen LogP contribution in [-0.2, 0) is 18.6 Å². The predicted octanol–water partition coefficient (Wildman–Crippen LogP) is 3.67. The first-order valence-electron chi connectivity index (χ1n) is 7.06. The molecule has 0 spiro atoms. The number of benzene rings is 1. The molecular formula is C16H20N2S2. The maximum Gasteiger partial charge on any atom is 0.0556 e. The molecule has 4 heteroatoms. The summed E-state index contributed by atoms with van der Waals surface area (Å²) in [5.41, 5.74) is 5.91. The number of nitrogens with one attached hydrogen (secondary N) is 1. The number of hydrazine groups is 1. The highest BCUT2D eigenvalue weighted by atomic mass is 32.2. The summed E-state index contributed by atoms with van der Waals surface area (Å²) in [6.45, 7) is 0. The minimum absolute atomic E-state index is 0.274. The van der Waals surface area contributed by atoms with Gasteiger partial charge in [-0.05, 0) is 42.2 Å². The van der Waals surface area contributed by atoms with E-state index in [4.69, 9.17) is 5.84 Å². The van der Waals surface area contributed by atoms with Gasteiger partial charge in [0, 0.05) is 15.5 Å². The Morgan fingerprint density at radius 2 is 2.10 bits per heavy atom. The third-order valence-electron chi connectivity index (χ3n) is 3.76. The fraction of sp³-hybridized carbons (Fsp3) is 0.375. The number of aryl methyl sites for hydroxylation is 2. The van der Waals surface area contributed by atoms with E-state index in [2.05, 4.69) is 41.8 Å². The van der Waals surface area contributed by atoms with Crippen molar-refractivity contribution in [1.82, 2.24) is 5.43 Å². The van der Waals surface area contributed by atoms with Crippen molar-refractivity contribution in [2.45, 2.75) is 31.1 Å². The lowest BCUT2D eigenvalue weighted by Crippen LogP contribution is -2.27. The van der Waals surface area contributed by atoms with Crippen LogP contribution in [0.3, 0.4) is 0 Å². The quantitative estimate of drug-likeness (QED) is 0.654. The first kappa shape index (κ1) is 14.1. The van der Waals surface area contributed by atoms with Gasteiger partial charge in [-0.15, -0.1) is 11.3 Å². The van der Waals surface area contributed by atoms with Gasteiger partial charge in [0.25, 0.3) is 0 Å². The van der Waals surface area contributed by atoms with Gasteiger partial charge >= 0.3 is 0 Å². The zero-order valence-corrected chi connectivity index (χ0v) is 13.1. The molecule has 20 heavy (non-hydrogen) atoms. The Morgan fingerprint density at radius 3 is 2.85 bits per heavy atom. The molecule has 106 valence electrons. The monoisotopic (exact) mass is 304 g/mol. The molecule has 0 aliphatic carbocycles. The fourth-order valence-electron chi connectivity index (χ4n) is 2.61. The standard InChI is InChI=1S/C16H20N2S2/c17-18-14(7-6-12-4-2-1-3-5-12)16-10-13-11-19-9-8-15(13)20-16/h1-5,10,14,18H,6-9,11,17H2. The molecule has 0 amide bonds. The van der Waals surface area contributed by atoms with E-state index in [1.54, 1.807) is 4.88 Å². The molecule has 1 atom stereocenters. The van der Waals surface area contributed by atoms with Gasteiger partial charge in [-0.1, -0.05) is 30.3 Å². The van der Waals surface area contributed by atoms with E-state index < -0.39 is 0 Å². The molecule has 0 saturated heterocycles. The molecule has 0 saturated carbocycles. The van der Waals surface area contributed by atoms with E-state index in [9.17, 15) is 0 Å². The molecule has 3 N–H and O–H groups in total. The summed E-state index contributed by atoms with van der Waals surface area (Å²) in [6.07, 6.45) is 3.33. The first-order valence-corrected chi connectivity index (χ1v) is 9.03. The van der Waals surface area contributed by atoms with Crippen LogP contribution in [0, 0.1) is 0 Å². The number of rotatable bonds is 5. The maximum absolute atomic E-state index is 5.78. The van der Waals surface area contributed by atoms with E-state index in [1.165, 1.54) is 33.9 Å². The van der Waals surface area contributed by atoms with Crippen molar-refractivity contribution < 1.29 is 0 Å². The summed E-state index contributed by atoms with van der Waals surface area (Å²) in [5.74, 6) is 8.21. The van der Waals surface area contributed by atoms with Gasteiger partial charge in [0.2, 0.25) is 0 Å². The van der Waals surface area contributed by atoms with Gasteiger partial charge in [-0.2, -0.15) is 11.8 Å². The Morgan fingerprint density at radius 1 is 1.25 bits per heavy atom. The van der Waals surface area contributed by atoms with E-state index in [0.29, 0.717) is 0 Å². The Labute approximate surface area is 128 Å². The van der Waals surface area contributed by atoms with E-state index in [0.717, 1.165) is 12.8 Å². The molecular weight excluding hydrogens is 284 g/mol. The van der Waals surface area contributed by atoms with Gasteiger partial charge < -0.3 is 0 Å². The van der Waals surface area contributed by atoms with Crippen molar-refractivity contribution in [2.24, 2.45) is 5.84 Å². The van der Waals surface area contributed by atoms with E-state index in [1.807, 2.05) is 23.1 Å². The summed E-state index contributed by atoms with van der Waals surface area (Å²) in [5, 5.41) is 0. The summed E-state index contributed by atoms with van der Waals surface area (Å²) >= 11 is 3.98. The molecule has 0 bridgehead atoms. The molecule has 1 aliphatic heterocycles. The van der Waals surface area contributed by atoms with Crippen LogP contribution in [0.5, 0.6) is 0 Å². The van der Waals surface area contributed by atoms with E-state index in [-0.39, 0.29) is 6.04 Å². The third-order valence-corrected chi connectivity index (χ3v) is 6.11. The van der Waals surface area contributed by atoms with Gasteiger partial charge in [-0.25, -0.2) is 0 Å².